The molecule has 4 aromatic rings. The fourth-order valence-electron chi connectivity index (χ4n) is 3.39. The van der Waals surface area contributed by atoms with Crippen LogP contribution >= 0.6 is 23.4 Å². The molecule has 8 nitrogen and oxygen atoms in total. The molecule has 1 heterocycles. The Morgan fingerprint density at radius 1 is 1.06 bits per heavy atom. The highest BCUT2D eigenvalue weighted by atomic mass is 35.5. The highest BCUT2D eigenvalue weighted by molar-refractivity contribution is 7.99. The maximum atomic E-state index is 12.6. The van der Waals surface area contributed by atoms with Crippen molar-refractivity contribution in [3.05, 3.63) is 99.1 Å². The molecule has 3 aromatic carbocycles. The summed E-state index contributed by atoms with van der Waals surface area (Å²) in [6, 6.07) is 21.8. The molecule has 172 valence electrons. The highest BCUT2D eigenvalue weighted by Gasteiger charge is 2.18. The molecule has 0 aliphatic carbocycles. The van der Waals surface area contributed by atoms with Crippen molar-refractivity contribution in [2.45, 2.75) is 18.6 Å². The van der Waals surface area contributed by atoms with E-state index >= 15 is 0 Å². The van der Waals surface area contributed by atoms with Crippen molar-refractivity contribution in [1.29, 1.82) is 0 Å². The number of thioether (sulfide) groups is 1. The van der Waals surface area contributed by atoms with Crippen LogP contribution in [0.4, 0.5) is 11.4 Å². The van der Waals surface area contributed by atoms with Gasteiger partial charge in [-0.1, -0.05) is 59.8 Å². The third-order valence-corrected chi connectivity index (χ3v) is 6.33. The number of nitro benzene ring substituents is 1. The average molecular weight is 494 g/mol. The number of carbonyl (C=O) groups is 1. The first-order chi connectivity index (χ1) is 16.4. The third kappa shape index (κ3) is 5.44. The molecule has 0 aliphatic heterocycles. The summed E-state index contributed by atoms with van der Waals surface area (Å²) in [5.74, 6) is 0.434. The predicted octanol–water partition coefficient (Wildman–Crippen LogP) is 5.59. The van der Waals surface area contributed by atoms with Crippen molar-refractivity contribution < 1.29 is 9.72 Å². The Balaban J connectivity index is 1.54. The van der Waals surface area contributed by atoms with Gasteiger partial charge >= 0.3 is 0 Å². The predicted molar refractivity (Wildman–Crippen MR) is 133 cm³/mol. The number of hydrogen-bond acceptors (Lipinski definition) is 6. The van der Waals surface area contributed by atoms with Crippen LogP contribution < -0.4 is 5.32 Å². The zero-order valence-corrected chi connectivity index (χ0v) is 19.7. The molecule has 0 saturated carbocycles. The van der Waals surface area contributed by atoms with Gasteiger partial charge in [-0.05, 0) is 42.8 Å². The van der Waals surface area contributed by atoms with Crippen molar-refractivity contribution >= 4 is 40.6 Å². The normalized spacial score (nSPS) is 10.8. The topological polar surface area (TPSA) is 103 Å². The first-order valence-corrected chi connectivity index (χ1v) is 11.7. The fourth-order valence-corrected chi connectivity index (χ4v) is 4.25. The van der Waals surface area contributed by atoms with Crippen LogP contribution in [0.3, 0.4) is 0 Å². The number of halogens is 1. The molecule has 0 saturated heterocycles. The molecular weight excluding hydrogens is 474 g/mol. The Morgan fingerprint density at radius 3 is 2.50 bits per heavy atom. The van der Waals surface area contributed by atoms with E-state index in [4.69, 9.17) is 11.6 Å². The second-order valence-electron chi connectivity index (χ2n) is 7.43. The van der Waals surface area contributed by atoms with E-state index < -0.39 is 4.92 Å². The van der Waals surface area contributed by atoms with E-state index in [1.165, 1.54) is 17.8 Å². The van der Waals surface area contributed by atoms with E-state index in [0.717, 1.165) is 11.1 Å². The van der Waals surface area contributed by atoms with E-state index in [-0.39, 0.29) is 17.3 Å². The smallest absolute Gasteiger partial charge is 0.274 e. The van der Waals surface area contributed by atoms with Gasteiger partial charge in [-0.25, -0.2) is 0 Å². The van der Waals surface area contributed by atoms with Gasteiger partial charge in [0.05, 0.1) is 28.5 Å². The fraction of sp³-hybridized carbons (Fsp3) is 0.125. The number of hydrogen-bond donors (Lipinski definition) is 1. The van der Waals surface area contributed by atoms with Crippen LogP contribution in [0.5, 0.6) is 0 Å². The van der Waals surface area contributed by atoms with Crippen molar-refractivity contribution in [1.82, 2.24) is 14.8 Å². The Kier molecular flexibility index (Phi) is 7.24. The first kappa shape index (κ1) is 23.5. The van der Waals surface area contributed by atoms with E-state index in [2.05, 4.69) is 15.5 Å². The molecule has 0 aliphatic rings. The summed E-state index contributed by atoms with van der Waals surface area (Å²) in [5.41, 5.74) is 2.70. The second-order valence-corrected chi connectivity index (χ2v) is 8.81. The summed E-state index contributed by atoms with van der Waals surface area (Å²) in [5, 5.41) is 23.8. The quantitative estimate of drug-likeness (QED) is 0.195. The number of aromatic nitrogens is 3. The molecule has 34 heavy (non-hydrogen) atoms. The van der Waals surface area contributed by atoms with Gasteiger partial charge in [0.2, 0.25) is 5.91 Å². The van der Waals surface area contributed by atoms with E-state index in [9.17, 15) is 14.9 Å². The number of benzene rings is 3. The molecule has 1 aromatic heterocycles. The zero-order valence-electron chi connectivity index (χ0n) is 18.1. The Hall–Kier alpha value is -3.69. The third-order valence-electron chi connectivity index (χ3n) is 5.11. The van der Waals surface area contributed by atoms with Crippen molar-refractivity contribution in [3.63, 3.8) is 0 Å². The minimum atomic E-state index is -0.468. The molecule has 4 rings (SSSR count). The minimum absolute atomic E-state index is 0.0411. The molecular formula is C24H20ClN5O3S. The van der Waals surface area contributed by atoms with Crippen LogP contribution in [0.2, 0.25) is 5.02 Å². The van der Waals surface area contributed by atoms with Crippen LogP contribution in [0.1, 0.15) is 11.1 Å². The average Bonchev–Trinajstić information content (AvgIpc) is 3.22. The number of rotatable bonds is 8. The molecule has 0 unspecified atom stereocenters. The summed E-state index contributed by atoms with van der Waals surface area (Å²) in [7, 11) is 0. The number of carbonyl (C=O) groups excluding carboxylic acids is 1. The van der Waals surface area contributed by atoms with Crippen molar-refractivity contribution in [2.24, 2.45) is 0 Å². The molecule has 1 N–H and O–H groups in total. The van der Waals surface area contributed by atoms with Crippen LogP contribution in [0.15, 0.2) is 78.0 Å². The monoisotopic (exact) mass is 493 g/mol. The van der Waals surface area contributed by atoms with E-state index in [1.807, 2.05) is 47.0 Å². The first-order valence-electron chi connectivity index (χ1n) is 10.3. The van der Waals surface area contributed by atoms with Crippen LogP contribution in [-0.4, -0.2) is 31.3 Å². The minimum Gasteiger partial charge on any atom is -0.325 e. The number of anilines is 1. The Labute approximate surface area is 205 Å². The van der Waals surface area contributed by atoms with Gasteiger partial charge in [0.15, 0.2) is 11.0 Å². The maximum absolute atomic E-state index is 12.6. The lowest BCUT2D eigenvalue weighted by atomic mass is 10.1. The van der Waals surface area contributed by atoms with E-state index in [0.29, 0.717) is 33.8 Å². The lowest BCUT2D eigenvalue weighted by molar-refractivity contribution is -0.385. The van der Waals surface area contributed by atoms with Gasteiger partial charge < -0.3 is 5.32 Å². The van der Waals surface area contributed by atoms with E-state index in [1.54, 1.807) is 31.2 Å². The van der Waals surface area contributed by atoms with Gasteiger partial charge in [-0.2, -0.15) is 0 Å². The molecule has 0 bridgehead atoms. The van der Waals surface area contributed by atoms with Gasteiger partial charge in [0.1, 0.15) is 0 Å². The van der Waals surface area contributed by atoms with Gasteiger partial charge in [0.25, 0.3) is 5.69 Å². The number of nitrogens with one attached hydrogen (secondary N) is 1. The molecule has 0 radical (unpaired) electrons. The van der Waals surface area contributed by atoms with Gasteiger partial charge in [0, 0.05) is 16.7 Å². The summed E-state index contributed by atoms with van der Waals surface area (Å²) < 4.78 is 1.95. The van der Waals surface area contributed by atoms with Crippen molar-refractivity contribution in [3.8, 4) is 11.4 Å². The standard InChI is InChI=1S/C24H20ClN5O3S/c1-16-20(8-5-9-21(16)30(32)33)26-22(31)15-34-24-28-27-23(18-10-12-19(25)13-11-18)29(24)14-17-6-3-2-4-7-17/h2-13H,14-15H2,1H3,(H,26,31). The largest absolute Gasteiger partial charge is 0.325 e. The number of nitro groups is 1. The summed E-state index contributed by atoms with van der Waals surface area (Å²) in [4.78, 5) is 23.3. The Bertz CT molecular complexity index is 1330. The summed E-state index contributed by atoms with van der Waals surface area (Å²) >= 11 is 7.28. The van der Waals surface area contributed by atoms with Crippen LogP contribution in [0, 0.1) is 17.0 Å². The van der Waals surface area contributed by atoms with Crippen LogP contribution in [0.25, 0.3) is 11.4 Å². The zero-order chi connectivity index (χ0) is 24.1. The van der Waals surface area contributed by atoms with Crippen molar-refractivity contribution in [2.75, 3.05) is 11.1 Å². The lowest BCUT2D eigenvalue weighted by Gasteiger charge is -2.11. The molecule has 1 amide bonds. The Morgan fingerprint density at radius 2 is 1.79 bits per heavy atom. The summed E-state index contributed by atoms with van der Waals surface area (Å²) in [6.45, 7) is 2.13. The highest BCUT2D eigenvalue weighted by Crippen LogP contribution is 2.28. The van der Waals surface area contributed by atoms with Crippen LogP contribution in [-0.2, 0) is 11.3 Å². The molecule has 0 atom stereocenters. The molecule has 10 heteroatoms. The number of amides is 1. The number of nitrogens with zero attached hydrogens (tertiary/aromatic N) is 4. The van der Waals surface area contributed by atoms with Gasteiger partial charge in [-0.3, -0.25) is 19.5 Å². The maximum Gasteiger partial charge on any atom is 0.274 e. The summed E-state index contributed by atoms with van der Waals surface area (Å²) in [6.07, 6.45) is 0. The lowest BCUT2D eigenvalue weighted by Crippen LogP contribution is -2.16. The molecule has 0 fully saturated rings. The second kappa shape index (κ2) is 10.5. The van der Waals surface area contributed by atoms with Gasteiger partial charge in [-0.15, -0.1) is 10.2 Å². The SMILES string of the molecule is Cc1c(NC(=O)CSc2nnc(-c3ccc(Cl)cc3)n2Cc2ccccc2)cccc1[N+](=O)[O-]. The molecule has 0 spiro atoms.